The smallest absolute Gasteiger partial charge is 0.418 e. The molecule has 1 atom stereocenters. The molecule has 7 heteroatoms. The molecule has 2 aromatic rings. The van der Waals surface area contributed by atoms with E-state index in [0.717, 1.165) is 0 Å². The maximum atomic E-state index is 10.3. The molecule has 2 rings (SSSR count). The highest BCUT2D eigenvalue weighted by atomic mass is 35.5. The van der Waals surface area contributed by atoms with Crippen LogP contribution in [0.2, 0.25) is 5.02 Å². The van der Waals surface area contributed by atoms with Gasteiger partial charge >= 0.3 is 6.47 Å². The lowest BCUT2D eigenvalue weighted by Gasteiger charge is -2.12. The highest BCUT2D eigenvalue weighted by molar-refractivity contribution is 6.31. The van der Waals surface area contributed by atoms with Crippen molar-refractivity contribution in [2.75, 3.05) is 0 Å². The molecule has 1 radical (unpaired) electrons. The zero-order valence-corrected chi connectivity index (χ0v) is 8.68. The lowest BCUT2D eigenvalue weighted by atomic mass is 10.1. The molecule has 6 nitrogen and oxygen atoms in total. The topological polar surface area (TPSA) is 80.8 Å². The zero-order chi connectivity index (χ0) is 11.4. The Labute approximate surface area is 95.6 Å². The molecule has 1 unspecified atom stereocenters. The predicted molar refractivity (Wildman–Crippen MR) is 54.3 cm³/mol. The molecule has 0 fully saturated rings. The standard InChI is InChI=1S/C9H6ClN4O2/c10-7-4-2-1-3-6(7)8(16-5-15)9-11-13-14-12-9/h1-4,8H,(H,11,12,13,14). The molecule has 0 bridgehead atoms. The van der Waals surface area contributed by atoms with E-state index in [2.05, 4.69) is 20.6 Å². The summed E-state index contributed by atoms with van der Waals surface area (Å²) in [5.74, 6) is 0.288. The quantitative estimate of drug-likeness (QED) is 0.859. The van der Waals surface area contributed by atoms with Crippen LogP contribution in [0.5, 0.6) is 0 Å². The van der Waals surface area contributed by atoms with Gasteiger partial charge in [-0.2, -0.15) is 0 Å². The van der Waals surface area contributed by atoms with Crippen LogP contribution in [0.3, 0.4) is 0 Å². The molecule has 0 aliphatic rings. The third kappa shape index (κ3) is 2.01. The van der Waals surface area contributed by atoms with Crippen LogP contribution in [-0.2, 0) is 9.53 Å². The summed E-state index contributed by atoms with van der Waals surface area (Å²) in [4.78, 5) is 10.3. The van der Waals surface area contributed by atoms with E-state index in [1.165, 1.54) is 6.47 Å². The minimum Gasteiger partial charge on any atom is -0.441 e. The van der Waals surface area contributed by atoms with Crippen LogP contribution in [0, 0.1) is 0 Å². The SMILES string of the molecule is O=[C]OC(c1nnn[nH]1)c1ccccc1Cl. The van der Waals surface area contributed by atoms with Gasteiger partial charge in [0.25, 0.3) is 0 Å². The summed E-state index contributed by atoms with van der Waals surface area (Å²) >= 11 is 5.98. The van der Waals surface area contributed by atoms with Crippen molar-refractivity contribution >= 4 is 18.1 Å². The van der Waals surface area contributed by atoms with Crippen LogP contribution in [-0.4, -0.2) is 27.1 Å². The lowest BCUT2D eigenvalue weighted by Crippen LogP contribution is -2.08. The van der Waals surface area contributed by atoms with Gasteiger partial charge in [0.15, 0.2) is 11.9 Å². The van der Waals surface area contributed by atoms with Gasteiger partial charge < -0.3 is 4.74 Å². The summed E-state index contributed by atoms with van der Waals surface area (Å²) in [5, 5.41) is 13.5. The number of tetrazole rings is 1. The van der Waals surface area contributed by atoms with Crippen molar-refractivity contribution in [2.45, 2.75) is 6.10 Å². The molecule has 1 aromatic heterocycles. The predicted octanol–water partition coefficient (Wildman–Crippen LogP) is 1.03. The molecule has 0 spiro atoms. The Hall–Kier alpha value is -1.95. The minimum atomic E-state index is -0.777. The minimum absolute atomic E-state index is 0.288. The molecule has 16 heavy (non-hydrogen) atoms. The second kappa shape index (κ2) is 4.71. The molecule has 0 amide bonds. The second-order valence-electron chi connectivity index (χ2n) is 2.89. The van der Waals surface area contributed by atoms with E-state index in [-0.39, 0.29) is 5.82 Å². The molecule has 81 valence electrons. The van der Waals surface area contributed by atoms with Crippen LogP contribution < -0.4 is 0 Å². The summed E-state index contributed by atoms with van der Waals surface area (Å²) in [5.41, 5.74) is 0.589. The first-order chi connectivity index (χ1) is 7.83. The van der Waals surface area contributed by atoms with Gasteiger partial charge in [-0.1, -0.05) is 29.8 Å². The monoisotopic (exact) mass is 237 g/mol. The van der Waals surface area contributed by atoms with E-state index in [4.69, 9.17) is 16.3 Å². The lowest BCUT2D eigenvalue weighted by molar-refractivity contribution is 0.207. The number of ether oxygens (including phenoxy) is 1. The Bertz CT molecular complexity index is 474. The third-order valence-electron chi connectivity index (χ3n) is 1.96. The maximum absolute atomic E-state index is 10.3. The number of aromatic amines is 1. The molecule has 0 aliphatic heterocycles. The van der Waals surface area contributed by atoms with Gasteiger partial charge in [-0.15, -0.1) is 5.10 Å². The summed E-state index contributed by atoms with van der Waals surface area (Å²) in [6.45, 7) is 1.36. The van der Waals surface area contributed by atoms with E-state index in [0.29, 0.717) is 10.6 Å². The van der Waals surface area contributed by atoms with Crippen molar-refractivity contribution in [3.05, 3.63) is 40.7 Å². The van der Waals surface area contributed by atoms with Crippen LogP contribution in [0.4, 0.5) is 0 Å². The van der Waals surface area contributed by atoms with E-state index in [1.807, 2.05) is 0 Å². The largest absolute Gasteiger partial charge is 0.441 e. The Kier molecular flexibility index (Phi) is 3.11. The fraction of sp³-hybridized carbons (Fsp3) is 0.111. The van der Waals surface area contributed by atoms with Crippen LogP contribution in [0.25, 0.3) is 0 Å². The number of carbonyl (C=O) groups excluding carboxylic acids is 1. The maximum Gasteiger partial charge on any atom is 0.418 e. The molecule has 0 saturated carbocycles. The van der Waals surface area contributed by atoms with E-state index in [9.17, 15) is 4.79 Å². The van der Waals surface area contributed by atoms with Crippen molar-refractivity contribution in [1.82, 2.24) is 20.6 Å². The van der Waals surface area contributed by atoms with Gasteiger partial charge in [-0.25, -0.2) is 9.89 Å². The highest BCUT2D eigenvalue weighted by Gasteiger charge is 2.21. The normalized spacial score (nSPS) is 12.1. The first-order valence-corrected chi connectivity index (χ1v) is 4.71. The van der Waals surface area contributed by atoms with Gasteiger partial charge in [0.05, 0.1) is 0 Å². The van der Waals surface area contributed by atoms with E-state index in [1.54, 1.807) is 24.3 Å². The summed E-state index contributed by atoms with van der Waals surface area (Å²) < 4.78 is 4.79. The van der Waals surface area contributed by atoms with Crippen LogP contribution >= 0.6 is 11.6 Å². The molecule has 0 saturated heterocycles. The first-order valence-electron chi connectivity index (χ1n) is 4.33. The number of hydrogen-bond acceptors (Lipinski definition) is 5. The van der Waals surface area contributed by atoms with Gasteiger partial charge in [0, 0.05) is 10.6 Å². The van der Waals surface area contributed by atoms with Crippen molar-refractivity contribution in [3.8, 4) is 0 Å². The number of H-pyrrole nitrogens is 1. The first kappa shape index (κ1) is 10.6. The Morgan fingerprint density at radius 1 is 1.44 bits per heavy atom. The van der Waals surface area contributed by atoms with Crippen LogP contribution in [0.15, 0.2) is 24.3 Å². The van der Waals surface area contributed by atoms with Gasteiger partial charge in [-0.05, 0) is 16.5 Å². The Morgan fingerprint density at radius 3 is 2.88 bits per heavy atom. The van der Waals surface area contributed by atoms with E-state index >= 15 is 0 Å². The van der Waals surface area contributed by atoms with Gasteiger partial charge in [0.2, 0.25) is 0 Å². The fourth-order valence-corrected chi connectivity index (χ4v) is 1.51. The Balaban J connectivity index is 2.40. The van der Waals surface area contributed by atoms with Crippen molar-refractivity contribution in [1.29, 1.82) is 0 Å². The second-order valence-corrected chi connectivity index (χ2v) is 3.30. The fourth-order valence-electron chi connectivity index (χ4n) is 1.28. The molecular weight excluding hydrogens is 232 g/mol. The van der Waals surface area contributed by atoms with Crippen molar-refractivity contribution < 1.29 is 9.53 Å². The van der Waals surface area contributed by atoms with Gasteiger partial charge in [-0.3, -0.25) is 0 Å². The number of nitrogens with one attached hydrogen (secondary N) is 1. The number of benzene rings is 1. The van der Waals surface area contributed by atoms with Gasteiger partial charge in [0.1, 0.15) is 0 Å². The molecule has 1 N–H and O–H groups in total. The van der Waals surface area contributed by atoms with Crippen molar-refractivity contribution in [2.24, 2.45) is 0 Å². The number of halogens is 1. The number of nitrogens with zero attached hydrogens (tertiary/aromatic N) is 3. The van der Waals surface area contributed by atoms with E-state index < -0.39 is 6.10 Å². The summed E-state index contributed by atoms with van der Waals surface area (Å²) in [7, 11) is 0. The third-order valence-corrected chi connectivity index (χ3v) is 2.31. The number of aromatic nitrogens is 4. The molecule has 1 heterocycles. The number of hydrogen-bond donors (Lipinski definition) is 1. The summed E-state index contributed by atoms with van der Waals surface area (Å²) in [6.07, 6.45) is -0.777. The zero-order valence-electron chi connectivity index (χ0n) is 7.92. The molecule has 0 aliphatic carbocycles. The molecule has 1 aromatic carbocycles. The Morgan fingerprint density at radius 2 is 2.25 bits per heavy atom. The average molecular weight is 238 g/mol. The van der Waals surface area contributed by atoms with Crippen molar-refractivity contribution in [3.63, 3.8) is 0 Å². The number of rotatable bonds is 4. The highest BCUT2D eigenvalue weighted by Crippen LogP contribution is 2.28. The molecular formula is C9H6ClN4O2. The van der Waals surface area contributed by atoms with Crippen LogP contribution in [0.1, 0.15) is 17.5 Å². The average Bonchev–Trinajstić information content (AvgIpc) is 2.80. The summed E-state index contributed by atoms with van der Waals surface area (Å²) in [6, 6.07) is 6.94.